The molecule has 3 rings (SSSR count). The van der Waals surface area contributed by atoms with Crippen molar-refractivity contribution in [3.05, 3.63) is 41.8 Å². The van der Waals surface area contributed by atoms with Gasteiger partial charge < -0.3 is 9.30 Å². The molecule has 2 nitrogen and oxygen atoms in total. The molecule has 0 spiro atoms. The molecule has 0 amide bonds. The largest absolute Gasteiger partial charge is 0.490 e. The molecule has 1 aromatic heterocycles. The topological polar surface area (TPSA) is 14.2 Å². The molecule has 0 atom stereocenters. The fourth-order valence-electron chi connectivity index (χ4n) is 1.90. The van der Waals surface area contributed by atoms with E-state index in [9.17, 15) is 0 Å². The molecule has 14 heavy (non-hydrogen) atoms. The number of rotatable bonds is 0. The van der Waals surface area contributed by atoms with Crippen LogP contribution in [-0.4, -0.2) is 4.57 Å². The highest BCUT2D eigenvalue weighted by Gasteiger charge is 2.11. The van der Waals surface area contributed by atoms with Crippen LogP contribution in [0, 0.1) is 0 Å². The number of nitrogens with zero attached hydrogens (tertiary/aromatic N) is 1. The first-order valence-electron chi connectivity index (χ1n) is 4.75. The van der Waals surface area contributed by atoms with E-state index in [1.807, 2.05) is 13.1 Å². The van der Waals surface area contributed by atoms with E-state index in [1.54, 1.807) is 0 Å². The maximum atomic E-state index is 5.47. The molecule has 1 aliphatic heterocycles. The third-order valence-electron chi connectivity index (χ3n) is 2.59. The van der Waals surface area contributed by atoms with Crippen molar-refractivity contribution in [3.63, 3.8) is 0 Å². The number of hydrogen-bond donors (Lipinski definition) is 0. The van der Waals surface area contributed by atoms with Crippen molar-refractivity contribution in [2.45, 2.75) is 13.5 Å². The van der Waals surface area contributed by atoms with Crippen LogP contribution < -0.4 is 0 Å². The van der Waals surface area contributed by atoms with E-state index >= 15 is 0 Å². The predicted molar refractivity (Wildman–Crippen MR) is 56.7 cm³/mol. The zero-order valence-corrected chi connectivity index (χ0v) is 8.03. The average molecular weight is 185 g/mol. The fourth-order valence-corrected chi connectivity index (χ4v) is 1.90. The van der Waals surface area contributed by atoms with Crippen molar-refractivity contribution in [3.8, 4) is 0 Å². The minimum Gasteiger partial charge on any atom is -0.490 e. The summed E-state index contributed by atoms with van der Waals surface area (Å²) in [7, 11) is 0. The SMILES string of the molecule is CC1=Cn2c(cc3ccccc32)CO1. The Hall–Kier alpha value is -1.70. The maximum Gasteiger partial charge on any atom is 0.128 e. The van der Waals surface area contributed by atoms with Crippen molar-refractivity contribution in [2.75, 3.05) is 0 Å². The van der Waals surface area contributed by atoms with Gasteiger partial charge in [-0.3, -0.25) is 0 Å². The summed E-state index contributed by atoms with van der Waals surface area (Å²) in [4.78, 5) is 0. The van der Waals surface area contributed by atoms with E-state index in [-0.39, 0.29) is 0 Å². The van der Waals surface area contributed by atoms with Crippen molar-refractivity contribution in [1.29, 1.82) is 0 Å². The van der Waals surface area contributed by atoms with Crippen LogP contribution in [0.1, 0.15) is 12.6 Å². The molecule has 2 heterocycles. The Balaban J connectivity index is 2.37. The molecule has 0 N–H and O–H groups in total. The van der Waals surface area contributed by atoms with Crippen molar-refractivity contribution in [1.82, 2.24) is 4.57 Å². The predicted octanol–water partition coefficient (Wildman–Crippen LogP) is 2.99. The number of fused-ring (bicyclic) bond motifs is 3. The van der Waals surface area contributed by atoms with Gasteiger partial charge in [-0.1, -0.05) is 18.2 Å². The third kappa shape index (κ3) is 0.970. The lowest BCUT2D eigenvalue weighted by Crippen LogP contribution is -2.04. The summed E-state index contributed by atoms with van der Waals surface area (Å²) in [5.74, 6) is 0.971. The van der Waals surface area contributed by atoms with Crippen molar-refractivity contribution >= 4 is 17.1 Å². The lowest BCUT2D eigenvalue weighted by Gasteiger charge is -2.14. The van der Waals surface area contributed by atoms with Crippen molar-refractivity contribution < 1.29 is 4.74 Å². The van der Waals surface area contributed by atoms with Gasteiger partial charge in [-0.25, -0.2) is 0 Å². The van der Waals surface area contributed by atoms with Gasteiger partial charge in [-0.05, 0) is 19.1 Å². The van der Waals surface area contributed by atoms with Crippen LogP contribution in [0.2, 0.25) is 0 Å². The average Bonchev–Trinajstić information content (AvgIpc) is 2.56. The molecule has 0 radical (unpaired) electrons. The zero-order chi connectivity index (χ0) is 9.54. The Morgan fingerprint density at radius 3 is 3.07 bits per heavy atom. The van der Waals surface area contributed by atoms with Crippen LogP contribution in [-0.2, 0) is 11.3 Å². The second-order valence-electron chi connectivity index (χ2n) is 3.59. The summed E-state index contributed by atoms with van der Waals surface area (Å²) in [6, 6.07) is 10.6. The standard InChI is InChI=1S/C12H11NO/c1-9-7-13-11(8-14-9)6-10-4-2-3-5-12(10)13/h2-7H,8H2,1H3. The highest BCUT2D eigenvalue weighted by atomic mass is 16.5. The summed E-state index contributed by atoms with van der Waals surface area (Å²) >= 11 is 0. The summed E-state index contributed by atoms with van der Waals surface area (Å²) in [6.07, 6.45) is 2.04. The molecular formula is C12H11NO. The lowest BCUT2D eigenvalue weighted by atomic mass is 10.2. The zero-order valence-electron chi connectivity index (χ0n) is 8.03. The Kier molecular flexibility index (Phi) is 1.45. The molecule has 0 saturated carbocycles. The van der Waals surface area contributed by atoms with Gasteiger partial charge in [0, 0.05) is 11.6 Å². The first kappa shape index (κ1) is 7.68. The summed E-state index contributed by atoms with van der Waals surface area (Å²) in [5, 5.41) is 1.28. The quantitative estimate of drug-likeness (QED) is 0.615. The van der Waals surface area contributed by atoms with Gasteiger partial charge in [0.1, 0.15) is 12.4 Å². The molecule has 0 fully saturated rings. The molecule has 1 aromatic carbocycles. The highest BCUT2D eigenvalue weighted by molar-refractivity contribution is 5.83. The van der Waals surface area contributed by atoms with Crippen molar-refractivity contribution in [2.24, 2.45) is 0 Å². The smallest absolute Gasteiger partial charge is 0.128 e. The first-order chi connectivity index (χ1) is 6.84. The van der Waals surface area contributed by atoms with Gasteiger partial charge in [0.05, 0.1) is 11.2 Å². The number of para-hydroxylation sites is 1. The summed E-state index contributed by atoms with van der Waals surface area (Å²) in [5.41, 5.74) is 2.47. The van der Waals surface area contributed by atoms with Gasteiger partial charge in [-0.2, -0.15) is 0 Å². The van der Waals surface area contributed by atoms with E-state index in [2.05, 4.69) is 34.9 Å². The minimum absolute atomic E-state index is 0.678. The molecule has 70 valence electrons. The van der Waals surface area contributed by atoms with Crippen LogP contribution >= 0.6 is 0 Å². The lowest BCUT2D eigenvalue weighted by molar-refractivity contribution is 0.190. The molecule has 1 aliphatic rings. The summed E-state index contributed by atoms with van der Waals surface area (Å²) < 4.78 is 7.68. The van der Waals surface area contributed by atoms with Gasteiger partial charge in [0.15, 0.2) is 0 Å². The Labute approximate surface area is 82.4 Å². The van der Waals surface area contributed by atoms with Crippen LogP contribution in [0.4, 0.5) is 0 Å². The van der Waals surface area contributed by atoms with E-state index in [0.29, 0.717) is 6.61 Å². The minimum atomic E-state index is 0.678. The second kappa shape index (κ2) is 2.64. The maximum absolute atomic E-state index is 5.47. The number of ether oxygens (including phenoxy) is 1. The molecule has 0 unspecified atom stereocenters. The number of aromatic nitrogens is 1. The summed E-state index contributed by atoms with van der Waals surface area (Å²) in [6.45, 7) is 2.66. The molecule has 2 aromatic rings. The second-order valence-corrected chi connectivity index (χ2v) is 3.59. The monoisotopic (exact) mass is 185 g/mol. The van der Waals surface area contributed by atoms with E-state index in [4.69, 9.17) is 4.74 Å². The molecular weight excluding hydrogens is 174 g/mol. The number of benzene rings is 1. The first-order valence-corrected chi connectivity index (χ1v) is 4.75. The number of allylic oxidation sites excluding steroid dienone is 1. The normalized spacial score (nSPS) is 14.8. The molecule has 2 heteroatoms. The fraction of sp³-hybridized carbons (Fsp3) is 0.167. The molecule has 0 bridgehead atoms. The van der Waals surface area contributed by atoms with E-state index in [0.717, 1.165) is 5.76 Å². The van der Waals surface area contributed by atoms with E-state index < -0.39 is 0 Å². The van der Waals surface area contributed by atoms with E-state index in [1.165, 1.54) is 16.6 Å². The Bertz CT molecular complexity index is 522. The van der Waals surface area contributed by atoms with Crippen LogP contribution in [0.25, 0.3) is 17.1 Å². The molecule has 0 saturated heterocycles. The van der Waals surface area contributed by atoms with Crippen LogP contribution in [0.3, 0.4) is 0 Å². The van der Waals surface area contributed by atoms with Gasteiger partial charge in [0.25, 0.3) is 0 Å². The Morgan fingerprint density at radius 2 is 2.14 bits per heavy atom. The Morgan fingerprint density at radius 1 is 1.29 bits per heavy atom. The van der Waals surface area contributed by atoms with Gasteiger partial charge >= 0.3 is 0 Å². The van der Waals surface area contributed by atoms with Crippen LogP contribution in [0.15, 0.2) is 36.1 Å². The highest BCUT2D eigenvalue weighted by Crippen LogP contribution is 2.24. The number of hydrogen-bond acceptors (Lipinski definition) is 1. The van der Waals surface area contributed by atoms with Crippen LogP contribution in [0.5, 0.6) is 0 Å². The molecule has 0 aliphatic carbocycles. The third-order valence-corrected chi connectivity index (χ3v) is 2.59. The van der Waals surface area contributed by atoms with Gasteiger partial charge in [0.2, 0.25) is 0 Å². The van der Waals surface area contributed by atoms with Gasteiger partial charge in [-0.15, -0.1) is 0 Å².